The Labute approximate surface area is 181 Å². The van der Waals surface area contributed by atoms with Crippen molar-refractivity contribution in [2.24, 2.45) is 0 Å². The molecule has 1 heterocycles. The molecule has 0 fully saturated rings. The van der Waals surface area contributed by atoms with Crippen molar-refractivity contribution in [2.75, 3.05) is 36.9 Å². The zero-order valence-electron chi connectivity index (χ0n) is 17.4. The lowest BCUT2D eigenvalue weighted by Gasteiger charge is -2.14. The zero-order chi connectivity index (χ0) is 21.7. The van der Waals surface area contributed by atoms with Gasteiger partial charge in [0.25, 0.3) is 0 Å². The number of amides is 2. The average molecular weight is 432 g/mol. The number of hydrogen-bond acceptors (Lipinski definition) is 5. The van der Waals surface area contributed by atoms with Crippen LogP contribution >= 0.6 is 11.6 Å². The summed E-state index contributed by atoms with van der Waals surface area (Å²) in [6, 6.07) is 7.39. The largest absolute Gasteiger partial charge is 0.490 e. The van der Waals surface area contributed by atoms with Crippen molar-refractivity contribution >= 4 is 34.8 Å². The molecule has 2 aromatic rings. The van der Waals surface area contributed by atoms with E-state index in [9.17, 15) is 9.59 Å². The fourth-order valence-corrected chi connectivity index (χ4v) is 3.52. The van der Waals surface area contributed by atoms with Gasteiger partial charge in [0.1, 0.15) is 0 Å². The number of nitrogens with one attached hydrogen (secondary N) is 3. The third-order valence-corrected chi connectivity index (χ3v) is 4.98. The first kappa shape index (κ1) is 21.8. The first-order valence-corrected chi connectivity index (χ1v) is 10.2. The van der Waals surface area contributed by atoms with Crippen LogP contribution in [0.15, 0.2) is 24.3 Å². The van der Waals surface area contributed by atoms with Crippen molar-refractivity contribution in [3.05, 3.63) is 46.0 Å². The summed E-state index contributed by atoms with van der Waals surface area (Å²) in [5.74, 6) is 0.562. The van der Waals surface area contributed by atoms with Crippen LogP contribution in [0.5, 0.6) is 11.5 Å². The molecule has 0 aliphatic carbocycles. The maximum atomic E-state index is 12.2. The van der Waals surface area contributed by atoms with E-state index in [4.69, 9.17) is 21.1 Å². The van der Waals surface area contributed by atoms with Gasteiger partial charge in [-0.05, 0) is 31.9 Å². The van der Waals surface area contributed by atoms with Gasteiger partial charge in [-0.2, -0.15) is 0 Å². The van der Waals surface area contributed by atoms with E-state index in [1.165, 1.54) is 0 Å². The molecule has 0 radical (unpaired) electrons. The Hall–Kier alpha value is -2.93. The van der Waals surface area contributed by atoms with E-state index < -0.39 is 0 Å². The molecule has 2 amide bonds. The number of rotatable bonds is 6. The molecule has 2 aromatic carbocycles. The van der Waals surface area contributed by atoms with Crippen LogP contribution in [0.4, 0.5) is 11.4 Å². The second-order valence-electron chi connectivity index (χ2n) is 7.28. The van der Waals surface area contributed by atoms with Gasteiger partial charge in [-0.15, -0.1) is 0 Å². The Bertz CT molecular complexity index is 939. The normalized spacial score (nSPS) is 12.7. The minimum absolute atomic E-state index is 0.0325. The van der Waals surface area contributed by atoms with Crippen LogP contribution in [-0.2, 0) is 9.59 Å². The van der Waals surface area contributed by atoms with Crippen molar-refractivity contribution in [1.29, 1.82) is 0 Å². The van der Waals surface area contributed by atoms with Gasteiger partial charge in [0.2, 0.25) is 11.8 Å². The summed E-state index contributed by atoms with van der Waals surface area (Å²) >= 11 is 6.26. The van der Waals surface area contributed by atoms with Crippen LogP contribution in [0, 0.1) is 20.8 Å². The number of fused-ring (bicyclic) bond motifs is 1. The van der Waals surface area contributed by atoms with Crippen LogP contribution in [0.25, 0.3) is 0 Å². The average Bonchev–Trinajstić information content (AvgIpc) is 2.92. The molecule has 30 heavy (non-hydrogen) atoms. The van der Waals surface area contributed by atoms with Crippen LogP contribution in [0.3, 0.4) is 0 Å². The molecule has 0 atom stereocenters. The van der Waals surface area contributed by atoms with Gasteiger partial charge in [0.05, 0.1) is 37.0 Å². The molecule has 0 aromatic heterocycles. The molecule has 1 aliphatic heterocycles. The van der Waals surface area contributed by atoms with Gasteiger partial charge in [-0.3, -0.25) is 9.59 Å². The van der Waals surface area contributed by atoms with Gasteiger partial charge in [0, 0.05) is 24.2 Å². The molecule has 3 rings (SSSR count). The molecule has 0 spiro atoms. The van der Waals surface area contributed by atoms with Crippen molar-refractivity contribution in [2.45, 2.75) is 27.2 Å². The molecule has 7 nitrogen and oxygen atoms in total. The first-order valence-electron chi connectivity index (χ1n) is 9.81. The maximum absolute atomic E-state index is 12.2. The van der Waals surface area contributed by atoms with Crippen LogP contribution < -0.4 is 25.4 Å². The monoisotopic (exact) mass is 431 g/mol. The smallest absolute Gasteiger partial charge is 0.243 e. The van der Waals surface area contributed by atoms with E-state index in [-0.39, 0.29) is 24.9 Å². The molecule has 0 bridgehead atoms. The minimum atomic E-state index is -0.328. The second-order valence-corrected chi connectivity index (χ2v) is 7.69. The van der Waals surface area contributed by atoms with Crippen molar-refractivity contribution in [3.63, 3.8) is 0 Å². The molecule has 160 valence electrons. The quantitative estimate of drug-likeness (QED) is 0.650. The molecular weight excluding hydrogens is 406 g/mol. The number of carbonyl (C=O) groups is 2. The highest BCUT2D eigenvalue weighted by molar-refractivity contribution is 6.33. The van der Waals surface area contributed by atoms with Gasteiger partial charge < -0.3 is 25.4 Å². The van der Waals surface area contributed by atoms with Gasteiger partial charge >= 0.3 is 0 Å². The fraction of sp³-hybridized carbons (Fsp3) is 0.364. The third kappa shape index (κ3) is 5.57. The topological polar surface area (TPSA) is 88.7 Å². The van der Waals surface area contributed by atoms with E-state index in [1.54, 1.807) is 12.1 Å². The predicted octanol–water partition coefficient (Wildman–Crippen LogP) is 3.59. The summed E-state index contributed by atoms with van der Waals surface area (Å²) in [7, 11) is 0. The fourth-order valence-electron chi connectivity index (χ4n) is 3.30. The highest BCUT2D eigenvalue weighted by Gasteiger charge is 2.15. The lowest BCUT2D eigenvalue weighted by molar-refractivity contribution is -0.122. The summed E-state index contributed by atoms with van der Waals surface area (Å²) in [6.07, 6.45) is 0.793. The number of carbonyl (C=O) groups excluding carboxylic acids is 2. The van der Waals surface area contributed by atoms with Crippen LogP contribution in [0.2, 0.25) is 5.02 Å². The number of aryl methyl sites for hydroxylation is 3. The maximum Gasteiger partial charge on any atom is 0.243 e. The molecular formula is C22H26ClN3O4. The number of ether oxygens (including phenoxy) is 2. The molecule has 3 N–H and O–H groups in total. The molecule has 0 saturated carbocycles. The number of anilines is 2. The van der Waals surface area contributed by atoms with E-state index >= 15 is 0 Å². The van der Waals surface area contributed by atoms with Gasteiger partial charge in [-0.1, -0.05) is 29.3 Å². The molecule has 1 aliphatic rings. The Morgan fingerprint density at radius 3 is 2.23 bits per heavy atom. The summed E-state index contributed by atoms with van der Waals surface area (Å²) in [5.41, 5.74) is 4.44. The van der Waals surface area contributed by atoms with Crippen molar-refractivity contribution < 1.29 is 19.1 Å². The Kier molecular flexibility index (Phi) is 7.05. The molecule has 8 heteroatoms. The summed E-state index contributed by atoms with van der Waals surface area (Å²) in [4.78, 5) is 24.4. The van der Waals surface area contributed by atoms with E-state index in [1.807, 2.05) is 32.9 Å². The van der Waals surface area contributed by atoms with E-state index in [2.05, 4.69) is 16.0 Å². The Balaban J connectivity index is 1.51. The van der Waals surface area contributed by atoms with E-state index in [0.717, 1.165) is 28.8 Å². The third-order valence-electron chi connectivity index (χ3n) is 4.66. The summed E-state index contributed by atoms with van der Waals surface area (Å²) in [6.45, 7) is 6.87. The standard InChI is InChI=1S/C22H26ClN3O4/c1-13-7-14(2)22(15(3)8-13)26-21(28)12-25-20(27)11-24-17-10-19-18(9-16(17)23)29-5-4-6-30-19/h7-10,24H,4-6,11-12H2,1-3H3,(H,25,27)(H,26,28). The number of hydrogen-bond donors (Lipinski definition) is 3. The molecule has 0 saturated heterocycles. The van der Waals surface area contributed by atoms with Crippen LogP contribution in [-0.4, -0.2) is 38.1 Å². The minimum Gasteiger partial charge on any atom is -0.490 e. The SMILES string of the molecule is Cc1cc(C)c(NC(=O)CNC(=O)CNc2cc3c(cc2Cl)OCCCO3)c(C)c1. The summed E-state index contributed by atoms with van der Waals surface area (Å²) in [5, 5.41) is 8.86. The Morgan fingerprint density at radius 2 is 1.57 bits per heavy atom. The van der Waals surface area contributed by atoms with Gasteiger partial charge in [-0.25, -0.2) is 0 Å². The van der Waals surface area contributed by atoms with Gasteiger partial charge in [0.15, 0.2) is 11.5 Å². The van der Waals surface area contributed by atoms with Crippen molar-refractivity contribution in [3.8, 4) is 11.5 Å². The second kappa shape index (κ2) is 9.71. The highest BCUT2D eigenvalue weighted by Crippen LogP contribution is 2.37. The van der Waals surface area contributed by atoms with Crippen molar-refractivity contribution in [1.82, 2.24) is 5.32 Å². The highest BCUT2D eigenvalue weighted by atomic mass is 35.5. The zero-order valence-corrected chi connectivity index (χ0v) is 18.1. The Morgan fingerprint density at radius 1 is 0.933 bits per heavy atom. The summed E-state index contributed by atoms with van der Waals surface area (Å²) < 4.78 is 11.2. The first-order chi connectivity index (χ1) is 14.3. The number of benzene rings is 2. The lowest BCUT2D eigenvalue weighted by Crippen LogP contribution is -2.36. The van der Waals surface area contributed by atoms with E-state index in [0.29, 0.717) is 35.4 Å². The lowest BCUT2D eigenvalue weighted by atomic mass is 10.1. The number of halogens is 1. The predicted molar refractivity (Wildman–Crippen MR) is 118 cm³/mol. The van der Waals surface area contributed by atoms with Crippen LogP contribution in [0.1, 0.15) is 23.1 Å². The molecule has 0 unspecified atom stereocenters.